The van der Waals surface area contributed by atoms with Crippen LogP contribution in [0.15, 0.2) is 84.9 Å². The van der Waals surface area contributed by atoms with Gasteiger partial charge >= 0.3 is 36.4 Å². The fraction of sp³-hybridized carbons (Fsp3) is 0.0800. The molecule has 5 aromatic rings. The largest absolute Gasteiger partial charge is 0.349 e. The van der Waals surface area contributed by atoms with E-state index in [9.17, 15) is 16.9 Å². The Morgan fingerprint density at radius 1 is 0.706 bits per heavy atom. The summed E-state index contributed by atoms with van der Waals surface area (Å²) >= 11 is -11.2. The number of nitrogens with zero attached hydrogens (tertiary/aromatic N) is 1. The quantitative estimate of drug-likeness (QED) is 0.119. The monoisotopic (exact) mass is 582 g/mol. The molecule has 0 radical (unpaired) electrons. The number of fused-ring (bicyclic) bond motifs is 7. The summed E-state index contributed by atoms with van der Waals surface area (Å²) in [5.41, 5.74) is 7.81. The van der Waals surface area contributed by atoms with Crippen molar-refractivity contribution in [3.8, 4) is 22.6 Å². The molecule has 0 saturated carbocycles. The molecule has 0 bridgehead atoms. The second-order valence-corrected chi connectivity index (χ2v) is 13.7. The molecule has 0 amide bonds. The zero-order chi connectivity index (χ0) is 24.2. The van der Waals surface area contributed by atoms with Gasteiger partial charge in [-0.15, -0.1) is 0 Å². The third kappa shape index (κ3) is 4.92. The summed E-state index contributed by atoms with van der Waals surface area (Å²) in [4.78, 5) is 3.72. The third-order valence-electron chi connectivity index (χ3n) is 5.77. The van der Waals surface area contributed by atoms with E-state index in [0.29, 0.717) is 0 Å². The van der Waals surface area contributed by atoms with Crippen molar-refractivity contribution in [3.63, 3.8) is 0 Å². The van der Waals surface area contributed by atoms with Gasteiger partial charge in [-0.05, 0) is 35.2 Å². The van der Waals surface area contributed by atoms with E-state index in [1.165, 1.54) is 49.9 Å². The number of hydrogen-bond acceptors (Lipinski definition) is 0. The molecule has 0 aliphatic carbocycles. The van der Waals surface area contributed by atoms with Crippen molar-refractivity contribution in [3.05, 3.63) is 90.5 Å². The van der Waals surface area contributed by atoms with Crippen molar-refractivity contribution in [1.29, 1.82) is 0 Å². The molecule has 0 fully saturated rings. The molecule has 34 heavy (non-hydrogen) atoms. The van der Waals surface area contributed by atoms with Crippen LogP contribution in [0.5, 0.6) is 0 Å². The van der Waals surface area contributed by atoms with Crippen LogP contribution < -0.4 is 4.57 Å². The van der Waals surface area contributed by atoms with E-state index >= 15 is 0 Å². The maximum absolute atomic E-state index is 11.2. The van der Waals surface area contributed by atoms with Crippen LogP contribution in [0, 0.1) is 0 Å². The molecule has 2 nitrogen and oxygen atoms in total. The van der Waals surface area contributed by atoms with E-state index in [2.05, 4.69) is 94.5 Å². The number of aryl methyl sites for hydroxylation is 1. The van der Waals surface area contributed by atoms with Crippen molar-refractivity contribution in [2.45, 2.75) is 13.0 Å². The van der Waals surface area contributed by atoms with Gasteiger partial charge in [0.2, 0.25) is 11.4 Å². The standard InChI is InChI=1S/C25H18N2.6FH.Sb/c1-2-8-17(9-3-1)23-16-18-10-4-5-11-19(18)25-24-21(14-15-27(23)25)20-12-6-7-13-22(20)26-24;;;;;;;/h1-13,16H,14-15H2;6*1H;/q;;;;;;;+5/p-5. The Labute approximate surface area is 193 Å². The Hall–Kier alpha value is -2.99. The van der Waals surface area contributed by atoms with Crippen LogP contribution in [0.3, 0.4) is 0 Å². The van der Waals surface area contributed by atoms with Gasteiger partial charge in [0.15, 0.2) is 6.54 Å². The van der Waals surface area contributed by atoms with Gasteiger partial charge in [0.05, 0.1) is 5.39 Å². The van der Waals surface area contributed by atoms with E-state index in [1.807, 2.05) is 0 Å². The van der Waals surface area contributed by atoms with Gasteiger partial charge in [-0.3, -0.25) is 0 Å². The second-order valence-electron chi connectivity index (χ2n) is 8.22. The van der Waals surface area contributed by atoms with Crippen molar-refractivity contribution in [2.24, 2.45) is 0 Å². The van der Waals surface area contributed by atoms with Crippen LogP contribution in [0.25, 0.3) is 44.3 Å². The van der Waals surface area contributed by atoms with E-state index in [0.717, 1.165) is 13.0 Å². The Morgan fingerprint density at radius 3 is 2.00 bits per heavy atom. The Bertz CT molecular complexity index is 1530. The van der Waals surface area contributed by atoms with Crippen molar-refractivity contribution >= 4 is 41.2 Å². The van der Waals surface area contributed by atoms with Gasteiger partial charge in [-0.1, -0.05) is 54.6 Å². The van der Waals surface area contributed by atoms with Crippen molar-refractivity contribution < 1.29 is 21.4 Å². The Morgan fingerprint density at radius 2 is 1.29 bits per heavy atom. The van der Waals surface area contributed by atoms with Gasteiger partial charge in [-0.2, -0.15) is 4.57 Å². The number of pyridine rings is 1. The number of aromatic nitrogens is 2. The number of aromatic amines is 1. The minimum Gasteiger partial charge on any atom is -0.349 e. The van der Waals surface area contributed by atoms with Gasteiger partial charge in [0.1, 0.15) is 5.69 Å². The molecule has 0 unspecified atom stereocenters. The molecule has 9 heteroatoms. The maximum Gasteiger partial charge on any atom is 0.237 e. The molecule has 3 heterocycles. The average Bonchev–Trinajstić information content (AvgIpc) is 3.16. The molecule has 1 N–H and O–H groups in total. The second kappa shape index (κ2) is 7.25. The summed E-state index contributed by atoms with van der Waals surface area (Å²) in [6.45, 7) is 0.999. The topological polar surface area (TPSA) is 19.7 Å². The minimum absolute atomic E-state index is 0.999. The Kier molecular flexibility index (Phi) is 4.86. The number of para-hydroxylation sites is 1. The minimum atomic E-state index is -11.2. The van der Waals surface area contributed by atoms with Gasteiger partial charge < -0.3 is 4.98 Å². The molecule has 1 aliphatic heterocycles. The first-order valence-electron chi connectivity index (χ1n) is 10.5. The first-order valence-corrected chi connectivity index (χ1v) is 16.3. The first kappa shape index (κ1) is 22.8. The molecular weight excluding hydrogens is 564 g/mol. The normalized spacial score (nSPS) is 15.0. The number of H-pyrrole nitrogens is 1. The average molecular weight is 583 g/mol. The summed E-state index contributed by atoms with van der Waals surface area (Å²) in [5, 5.41) is 3.95. The maximum atomic E-state index is 9.93. The van der Waals surface area contributed by atoms with E-state index in [4.69, 9.17) is 0 Å². The zero-order valence-electron chi connectivity index (χ0n) is 17.7. The number of hydrogen-bond donors (Lipinski definition) is 1. The predicted octanol–water partition coefficient (Wildman–Crippen LogP) is 7.64. The molecule has 0 spiro atoms. The van der Waals surface area contributed by atoms with Crippen LogP contribution in [-0.4, -0.2) is 24.5 Å². The van der Waals surface area contributed by atoms with Crippen LogP contribution in [0.4, 0.5) is 16.9 Å². The SMILES string of the molecule is [F][Sb-]([F])([F])([F])([F])[F].c1ccc(-c2cc3ccccc3c3[n+]2CCc2c-3[nH]c3ccccc23)cc1. The predicted molar refractivity (Wildman–Crippen MR) is 123 cm³/mol. The number of rotatable bonds is 1. The zero-order valence-corrected chi connectivity index (χ0v) is 20.2. The van der Waals surface area contributed by atoms with Crippen LogP contribution in [-0.2, 0) is 13.0 Å². The molecule has 1 aliphatic rings. The molecule has 6 rings (SSSR count). The van der Waals surface area contributed by atoms with Crippen molar-refractivity contribution in [1.82, 2.24) is 4.98 Å². The fourth-order valence-electron chi connectivity index (χ4n) is 4.57. The summed E-state index contributed by atoms with van der Waals surface area (Å²) in [7, 11) is 0. The summed E-state index contributed by atoms with van der Waals surface area (Å²) in [6, 6.07) is 30.5. The first-order chi connectivity index (χ1) is 15.8. The van der Waals surface area contributed by atoms with E-state index in [-0.39, 0.29) is 0 Å². The summed E-state index contributed by atoms with van der Waals surface area (Å²) in [6.07, 6.45) is 1.05. The molecule has 176 valence electrons. The van der Waals surface area contributed by atoms with E-state index < -0.39 is 19.5 Å². The van der Waals surface area contributed by atoms with Gasteiger partial charge in [0, 0.05) is 29.0 Å². The smallest absolute Gasteiger partial charge is 0.237 e. The van der Waals surface area contributed by atoms with E-state index in [1.54, 1.807) is 0 Å². The molecule has 3 aromatic carbocycles. The van der Waals surface area contributed by atoms with Crippen LogP contribution >= 0.6 is 0 Å². The number of nitrogens with one attached hydrogen (secondary N) is 1. The molecule has 0 saturated heterocycles. The number of halogens is 6. The molecule has 0 atom stereocenters. The third-order valence-corrected chi connectivity index (χ3v) is 5.77. The van der Waals surface area contributed by atoms with Crippen molar-refractivity contribution in [2.75, 3.05) is 0 Å². The summed E-state index contributed by atoms with van der Waals surface area (Å²) in [5.74, 6) is 0. The molecular formula is C25H19F6N2Sb. The Balaban J connectivity index is 0.000000304. The number of benzene rings is 3. The van der Waals surface area contributed by atoms with Gasteiger partial charge in [0.25, 0.3) is 0 Å². The van der Waals surface area contributed by atoms with Crippen LogP contribution in [0.2, 0.25) is 0 Å². The fourth-order valence-corrected chi connectivity index (χ4v) is 4.57. The molecule has 2 aromatic heterocycles. The summed E-state index contributed by atoms with van der Waals surface area (Å²) < 4.78 is 62.0. The van der Waals surface area contributed by atoms with Crippen LogP contribution in [0.1, 0.15) is 5.56 Å². The van der Waals surface area contributed by atoms with Gasteiger partial charge in [-0.25, -0.2) is 0 Å².